The lowest BCUT2D eigenvalue weighted by atomic mass is 10.1. The number of ether oxygens (including phenoxy) is 3. The van der Waals surface area contributed by atoms with E-state index < -0.39 is 18.0 Å². The largest absolute Gasteiger partial charge is 0.493 e. The van der Waals surface area contributed by atoms with Crippen molar-refractivity contribution in [1.29, 1.82) is 0 Å². The third kappa shape index (κ3) is 4.97. The number of benzene rings is 1. The second kappa shape index (κ2) is 10.8. The topological polar surface area (TPSA) is 138 Å². The molecule has 1 atom stereocenters. The van der Waals surface area contributed by atoms with Gasteiger partial charge in [0.05, 0.1) is 44.3 Å². The molecule has 188 valence electrons. The molecular weight excluding hydrogens is 468 g/mol. The summed E-state index contributed by atoms with van der Waals surface area (Å²) in [6.45, 7) is 2.32. The van der Waals surface area contributed by atoms with Crippen LogP contribution in [-0.2, 0) is 11.3 Å². The second-order valence-electron chi connectivity index (χ2n) is 7.80. The predicted molar refractivity (Wildman–Crippen MR) is 128 cm³/mol. The van der Waals surface area contributed by atoms with Crippen molar-refractivity contribution in [1.82, 2.24) is 29.7 Å². The summed E-state index contributed by atoms with van der Waals surface area (Å²) in [6, 6.07) is 7.10. The van der Waals surface area contributed by atoms with Crippen molar-refractivity contribution >= 4 is 12.0 Å². The standard InChI is InChI=1S/C24H26N6O6/c1-4-36-24(33)29-10-11-30-20(31)12-17(16-8-9-25-14-26-16)27-22(30)18(13-29)28-23(32)15-6-5-7-19(34-2)21(15)35-3/h5-9,12,14,18H,4,10-11,13H2,1-3H3,(H,28,32). The first kappa shape index (κ1) is 24.6. The van der Waals surface area contributed by atoms with Gasteiger partial charge in [0.15, 0.2) is 11.5 Å². The summed E-state index contributed by atoms with van der Waals surface area (Å²) in [7, 11) is 2.91. The summed E-state index contributed by atoms with van der Waals surface area (Å²) in [6.07, 6.45) is 2.36. The maximum atomic E-state index is 13.4. The monoisotopic (exact) mass is 494 g/mol. The van der Waals surface area contributed by atoms with Crippen LogP contribution in [0.2, 0.25) is 0 Å². The van der Waals surface area contributed by atoms with Gasteiger partial charge < -0.3 is 24.4 Å². The molecule has 1 N–H and O–H groups in total. The molecule has 0 fully saturated rings. The van der Waals surface area contributed by atoms with E-state index in [4.69, 9.17) is 14.2 Å². The number of methoxy groups -OCH3 is 2. The van der Waals surface area contributed by atoms with Crippen molar-refractivity contribution in [3.63, 3.8) is 0 Å². The molecule has 0 radical (unpaired) electrons. The molecule has 12 nitrogen and oxygen atoms in total. The Labute approximate surface area is 206 Å². The highest BCUT2D eigenvalue weighted by atomic mass is 16.6. The van der Waals surface area contributed by atoms with Crippen LogP contribution in [0.15, 0.2) is 47.7 Å². The van der Waals surface area contributed by atoms with E-state index in [-0.39, 0.29) is 48.9 Å². The molecule has 0 bridgehead atoms. The van der Waals surface area contributed by atoms with Crippen LogP contribution in [0.1, 0.15) is 29.1 Å². The van der Waals surface area contributed by atoms with Crippen LogP contribution in [0, 0.1) is 0 Å². The zero-order chi connectivity index (χ0) is 25.7. The SMILES string of the molecule is CCOC(=O)N1CCn2c(nc(-c3ccncn3)cc2=O)C(NC(=O)c2cccc(OC)c2OC)C1. The van der Waals surface area contributed by atoms with Gasteiger partial charge in [-0.2, -0.15) is 0 Å². The molecule has 0 spiro atoms. The number of fused-ring (bicyclic) bond motifs is 1. The highest BCUT2D eigenvalue weighted by molar-refractivity contribution is 5.98. The summed E-state index contributed by atoms with van der Waals surface area (Å²) < 4.78 is 17.3. The van der Waals surface area contributed by atoms with Gasteiger partial charge in [-0.05, 0) is 25.1 Å². The summed E-state index contributed by atoms with van der Waals surface area (Å²) in [4.78, 5) is 53.3. The fraction of sp³-hybridized carbons (Fsp3) is 0.333. The van der Waals surface area contributed by atoms with Gasteiger partial charge in [-0.3, -0.25) is 14.2 Å². The lowest BCUT2D eigenvalue weighted by Gasteiger charge is -2.24. The van der Waals surface area contributed by atoms with Crippen LogP contribution in [-0.4, -0.2) is 70.3 Å². The van der Waals surface area contributed by atoms with E-state index >= 15 is 0 Å². The van der Waals surface area contributed by atoms with E-state index in [0.29, 0.717) is 17.1 Å². The molecule has 0 saturated heterocycles. The second-order valence-corrected chi connectivity index (χ2v) is 7.80. The Bertz CT molecular complexity index is 1310. The lowest BCUT2D eigenvalue weighted by molar-refractivity contribution is 0.0887. The number of amides is 2. The van der Waals surface area contributed by atoms with E-state index in [0.717, 1.165) is 0 Å². The number of nitrogens with zero attached hydrogens (tertiary/aromatic N) is 5. The minimum absolute atomic E-state index is 0.0382. The van der Waals surface area contributed by atoms with Crippen molar-refractivity contribution < 1.29 is 23.8 Å². The Kier molecular flexibility index (Phi) is 7.42. The molecule has 2 aromatic heterocycles. The smallest absolute Gasteiger partial charge is 0.409 e. The molecule has 1 aliphatic heterocycles. The van der Waals surface area contributed by atoms with Gasteiger partial charge in [-0.15, -0.1) is 0 Å². The Morgan fingerprint density at radius 2 is 1.97 bits per heavy atom. The van der Waals surface area contributed by atoms with Gasteiger partial charge in [-0.1, -0.05) is 6.07 Å². The van der Waals surface area contributed by atoms with E-state index in [1.54, 1.807) is 37.4 Å². The first-order valence-electron chi connectivity index (χ1n) is 11.3. The van der Waals surface area contributed by atoms with Gasteiger partial charge >= 0.3 is 6.09 Å². The van der Waals surface area contributed by atoms with Crippen LogP contribution >= 0.6 is 0 Å². The molecular formula is C24H26N6O6. The molecule has 3 aromatic rings. The maximum absolute atomic E-state index is 13.4. The normalized spacial score (nSPS) is 14.9. The number of hydrogen-bond donors (Lipinski definition) is 1. The number of nitrogens with one attached hydrogen (secondary N) is 1. The minimum Gasteiger partial charge on any atom is -0.493 e. The number of rotatable bonds is 6. The van der Waals surface area contributed by atoms with Crippen molar-refractivity contribution in [2.45, 2.75) is 19.5 Å². The Morgan fingerprint density at radius 3 is 2.67 bits per heavy atom. The van der Waals surface area contributed by atoms with Crippen LogP contribution in [0.3, 0.4) is 0 Å². The maximum Gasteiger partial charge on any atom is 0.409 e. The third-order valence-corrected chi connectivity index (χ3v) is 5.67. The number of carbonyl (C=O) groups excluding carboxylic acids is 2. The zero-order valence-corrected chi connectivity index (χ0v) is 20.1. The molecule has 36 heavy (non-hydrogen) atoms. The Morgan fingerprint density at radius 1 is 1.14 bits per heavy atom. The summed E-state index contributed by atoms with van der Waals surface area (Å²) >= 11 is 0. The molecule has 0 aliphatic carbocycles. The van der Waals surface area contributed by atoms with Crippen LogP contribution in [0.5, 0.6) is 11.5 Å². The molecule has 1 unspecified atom stereocenters. The van der Waals surface area contributed by atoms with Gasteiger partial charge in [0, 0.05) is 25.4 Å². The summed E-state index contributed by atoms with van der Waals surface area (Å²) in [5, 5.41) is 2.91. The Balaban J connectivity index is 1.77. The van der Waals surface area contributed by atoms with Crippen molar-refractivity contribution in [2.24, 2.45) is 0 Å². The number of carbonyl (C=O) groups is 2. The average Bonchev–Trinajstić information content (AvgIpc) is 3.08. The first-order valence-corrected chi connectivity index (χ1v) is 11.3. The van der Waals surface area contributed by atoms with Gasteiger partial charge in [0.1, 0.15) is 18.2 Å². The van der Waals surface area contributed by atoms with Crippen LogP contribution < -0.4 is 20.3 Å². The number of hydrogen-bond acceptors (Lipinski definition) is 9. The molecule has 3 heterocycles. The Hall–Kier alpha value is -4.48. The zero-order valence-electron chi connectivity index (χ0n) is 20.1. The van der Waals surface area contributed by atoms with Crippen LogP contribution in [0.4, 0.5) is 4.79 Å². The average molecular weight is 495 g/mol. The molecule has 2 amide bonds. The third-order valence-electron chi connectivity index (χ3n) is 5.67. The fourth-order valence-corrected chi connectivity index (χ4v) is 3.99. The minimum atomic E-state index is -0.838. The summed E-state index contributed by atoms with van der Waals surface area (Å²) in [5.74, 6) is 0.446. The first-order chi connectivity index (χ1) is 17.5. The highest BCUT2D eigenvalue weighted by Crippen LogP contribution is 2.31. The van der Waals surface area contributed by atoms with E-state index in [2.05, 4.69) is 20.3 Å². The fourth-order valence-electron chi connectivity index (χ4n) is 3.99. The van der Waals surface area contributed by atoms with E-state index in [1.165, 1.54) is 36.1 Å². The van der Waals surface area contributed by atoms with Crippen molar-refractivity contribution in [3.05, 3.63) is 64.6 Å². The number of aromatic nitrogens is 4. The molecule has 0 saturated carbocycles. The molecule has 4 rings (SSSR count). The van der Waals surface area contributed by atoms with Gasteiger partial charge in [-0.25, -0.2) is 19.7 Å². The quantitative estimate of drug-likeness (QED) is 0.542. The van der Waals surface area contributed by atoms with E-state index in [9.17, 15) is 14.4 Å². The predicted octanol–water partition coefficient (Wildman–Crippen LogP) is 1.66. The molecule has 1 aromatic carbocycles. The number of para-hydroxylation sites is 1. The summed E-state index contributed by atoms with van der Waals surface area (Å²) in [5.41, 5.74) is 0.676. The van der Waals surface area contributed by atoms with Gasteiger partial charge in [0.25, 0.3) is 11.5 Å². The molecule has 1 aliphatic rings. The van der Waals surface area contributed by atoms with Crippen molar-refractivity contribution in [3.8, 4) is 22.9 Å². The molecule has 12 heteroatoms. The lowest BCUT2D eigenvalue weighted by Crippen LogP contribution is -2.41. The van der Waals surface area contributed by atoms with Crippen LogP contribution in [0.25, 0.3) is 11.4 Å². The van der Waals surface area contributed by atoms with Crippen molar-refractivity contribution in [2.75, 3.05) is 33.9 Å². The van der Waals surface area contributed by atoms with E-state index in [1.807, 2.05) is 0 Å². The van der Waals surface area contributed by atoms with Gasteiger partial charge in [0.2, 0.25) is 0 Å². The highest BCUT2D eigenvalue weighted by Gasteiger charge is 2.31.